The summed E-state index contributed by atoms with van der Waals surface area (Å²) < 4.78 is 8.81. The maximum absolute atomic E-state index is 13.2. The monoisotopic (exact) mass is 466 g/mol. The van der Waals surface area contributed by atoms with Crippen molar-refractivity contribution in [3.05, 3.63) is 40.1 Å². The van der Waals surface area contributed by atoms with Crippen molar-refractivity contribution < 1.29 is 9.32 Å². The summed E-state index contributed by atoms with van der Waals surface area (Å²) in [5.74, 6) is 1.72. The highest BCUT2D eigenvalue weighted by molar-refractivity contribution is 5.93. The summed E-state index contributed by atoms with van der Waals surface area (Å²) >= 11 is 0. The largest absolute Gasteiger partial charge is 0.360 e. The van der Waals surface area contributed by atoms with Crippen molar-refractivity contribution in [2.45, 2.75) is 72.0 Å². The number of piperidine rings is 2. The number of aromatic nitrogens is 4. The van der Waals surface area contributed by atoms with Crippen molar-refractivity contribution in [2.24, 2.45) is 12.5 Å². The van der Waals surface area contributed by atoms with Gasteiger partial charge in [0.05, 0.1) is 5.52 Å². The third-order valence-corrected chi connectivity index (χ3v) is 7.00. The molecule has 3 saturated heterocycles. The highest BCUT2D eigenvalue weighted by Gasteiger charge is 2.42. The lowest BCUT2D eigenvalue weighted by Gasteiger charge is -2.51. The lowest BCUT2D eigenvalue weighted by molar-refractivity contribution is 0.0494. The molecule has 6 rings (SSSR count). The highest BCUT2D eigenvalue weighted by Crippen LogP contribution is 2.34. The molecular weight excluding hydrogens is 432 g/mol. The number of hydrogen-bond donors (Lipinski definition) is 0. The number of fused-ring (bicyclic) bond motifs is 4. The Kier molecular flexibility index (Phi) is 5.33. The Labute approximate surface area is 199 Å². The van der Waals surface area contributed by atoms with Crippen LogP contribution in [0.15, 0.2) is 27.5 Å². The van der Waals surface area contributed by atoms with Gasteiger partial charge in [-0.25, -0.2) is 9.78 Å². The fraction of sp³-hybridized carbons (Fsp3) is 0.600. The molecular formula is C25H34N6O3. The maximum atomic E-state index is 13.2. The zero-order valence-corrected chi connectivity index (χ0v) is 20.9. The maximum Gasteiger partial charge on any atom is 0.330 e. The summed E-state index contributed by atoms with van der Waals surface area (Å²) in [5.41, 5.74) is 1.89. The van der Waals surface area contributed by atoms with Crippen LogP contribution in [0.5, 0.6) is 0 Å². The molecule has 3 aliphatic rings. The lowest BCUT2D eigenvalue weighted by Crippen LogP contribution is -2.64. The first-order chi connectivity index (χ1) is 16.0. The van der Waals surface area contributed by atoms with E-state index in [1.54, 1.807) is 17.7 Å². The molecule has 182 valence electrons. The second-order valence-corrected chi connectivity index (χ2v) is 11.3. The number of rotatable bonds is 4. The van der Waals surface area contributed by atoms with Crippen molar-refractivity contribution in [3.63, 3.8) is 0 Å². The minimum atomic E-state index is -0.0601. The topological polar surface area (TPSA) is 89.4 Å². The number of imidazole rings is 1. The molecule has 3 aromatic heterocycles. The highest BCUT2D eigenvalue weighted by atomic mass is 16.5. The molecule has 3 aromatic rings. The zero-order chi connectivity index (χ0) is 24.4. The van der Waals surface area contributed by atoms with E-state index in [1.807, 2.05) is 35.4 Å². The van der Waals surface area contributed by atoms with Crippen molar-refractivity contribution in [1.82, 2.24) is 24.2 Å². The molecule has 0 spiro atoms. The van der Waals surface area contributed by atoms with Crippen molar-refractivity contribution >= 4 is 22.9 Å². The summed E-state index contributed by atoms with van der Waals surface area (Å²) in [7, 11) is 1.78. The van der Waals surface area contributed by atoms with Crippen LogP contribution >= 0.6 is 0 Å². The van der Waals surface area contributed by atoms with Gasteiger partial charge in [-0.3, -0.25) is 13.9 Å². The van der Waals surface area contributed by atoms with Gasteiger partial charge in [-0.15, -0.1) is 0 Å². The normalized spacial score (nSPS) is 20.7. The third kappa shape index (κ3) is 3.80. The lowest BCUT2D eigenvalue weighted by atomic mass is 9.90. The summed E-state index contributed by atoms with van der Waals surface area (Å²) in [6, 6.07) is 6.08. The molecule has 34 heavy (non-hydrogen) atoms. The molecule has 2 bridgehead atoms. The number of anilines is 1. The average Bonchev–Trinajstić information content (AvgIpc) is 3.38. The number of aryl methyl sites for hydroxylation is 1. The van der Waals surface area contributed by atoms with E-state index < -0.39 is 0 Å². The second-order valence-electron chi connectivity index (χ2n) is 11.3. The van der Waals surface area contributed by atoms with Gasteiger partial charge in [-0.05, 0) is 30.4 Å². The molecule has 6 heterocycles. The number of nitrogens with zero attached hydrogens (tertiary/aromatic N) is 6. The molecule has 3 aliphatic heterocycles. The number of piperazine rings is 1. The van der Waals surface area contributed by atoms with Gasteiger partial charge >= 0.3 is 5.69 Å². The van der Waals surface area contributed by atoms with E-state index in [4.69, 9.17) is 9.51 Å². The van der Waals surface area contributed by atoms with Crippen LogP contribution in [0.1, 0.15) is 69.6 Å². The molecule has 2 unspecified atom stereocenters. The summed E-state index contributed by atoms with van der Waals surface area (Å²) in [6.45, 7) is 12.4. The molecule has 1 amide bonds. The Balaban J connectivity index is 1.40. The second kappa shape index (κ2) is 7.99. The summed E-state index contributed by atoms with van der Waals surface area (Å²) in [6.07, 6.45) is 1.97. The van der Waals surface area contributed by atoms with Crippen LogP contribution in [0.2, 0.25) is 0 Å². The Morgan fingerprint density at radius 1 is 1.18 bits per heavy atom. The van der Waals surface area contributed by atoms with Crippen LogP contribution in [0.3, 0.4) is 0 Å². The minimum absolute atomic E-state index is 0.0153. The smallest absolute Gasteiger partial charge is 0.330 e. The van der Waals surface area contributed by atoms with Gasteiger partial charge in [0, 0.05) is 50.7 Å². The summed E-state index contributed by atoms with van der Waals surface area (Å²) in [5, 5.41) is 4.03. The van der Waals surface area contributed by atoms with Gasteiger partial charge in [-0.1, -0.05) is 39.8 Å². The minimum Gasteiger partial charge on any atom is -0.360 e. The molecule has 0 radical (unpaired) electrons. The zero-order valence-electron chi connectivity index (χ0n) is 20.9. The number of carbonyl (C=O) groups excluding carboxylic acids is 1. The molecule has 9 heteroatoms. The van der Waals surface area contributed by atoms with Crippen LogP contribution in [0, 0.1) is 5.41 Å². The number of pyridine rings is 1. The van der Waals surface area contributed by atoms with Crippen LogP contribution in [0.25, 0.3) is 11.2 Å². The number of amides is 1. The Morgan fingerprint density at radius 3 is 2.53 bits per heavy atom. The van der Waals surface area contributed by atoms with Gasteiger partial charge in [0.1, 0.15) is 11.6 Å². The van der Waals surface area contributed by atoms with E-state index >= 15 is 0 Å². The van der Waals surface area contributed by atoms with Crippen molar-refractivity contribution in [3.8, 4) is 0 Å². The first-order valence-electron chi connectivity index (χ1n) is 12.1. The molecule has 0 aliphatic carbocycles. The van der Waals surface area contributed by atoms with Gasteiger partial charge < -0.3 is 14.3 Å². The Bertz CT molecular complexity index is 1290. The Hall–Kier alpha value is -3.10. The average molecular weight is 467 g/mol. The molecule has 0 aromatic carbocycles. The third-order valence-electron chi connectivity index (χ3n) is 7.00. The van der Waals surface area contributed by atoms with E-state index in [2.05, 4.69) is 30.8 Å². The molecule has 3 fully saturated rings. The fourth-order valence-electron chi connectivity index (χ4n) is 5.22. The van der Waals surface area contributed by atoms with Crippen LogP contribution < -0.4 is 10.6 Å². The van der Waals surface area contributed by atoms with Gasteiger partial charge in [-0.2, -0.15) is 0 Å². The van der Waals surface area contributed by atoms with Crippen LogP contribution in [-0.4, -0.2) is 55.3 Å². The Morgan fingerprint density at radius 2 is 1.91 bits per heavy atom. The fourth-order valence-corrected chi connectivity index (χ4v) is 5.22. The van der Waals surface area contributed by atoms with Crippen molar-refractivity contribution in [2.75, 3.05) is 18.0 Å². The van der Waals surface area contributed by atoms with Crippen LogP contribution in [-0.2, 0) is 13.6 Å². The van der Waals surface area contributed by atoms with E-state index in [1.165, 1.54) is 0 Å². The van der Waals surface area contributed by atoms with E-state index in [0.717, 1.165) is 36.5 Å². The van der Waals surface area contributed by atoms with E-state index in [-0.39, 0.29) is 35.0 Å². The quantitative estimate of drug-likeness (QED) is 0.586. The summed E-state index contributed by atoms with van der Waals surface area (Å²) in [4.78, 5) is 35.2. The first kappa shape index (κ1) is 22.7. The number of carbonyl (C=O) groups is 1. The van der Waals surface area contributed by atoms with E-state index in [0.29, 0.717) is 24.4 Å². The SMILES string of the molecule is CC(C)c1cc(C(=O)N2CC3CCC2CN3c2ccc3c(n2)n(C)c(=O)n3CC(C)(C)C)no1. The standard InChI is InChI=1S/C25H34N6O3/c1-15(2)20-11-18(27-34-20)23(32)30-13-16-7-8-17(30)12-29(16)21-10-9-19-22(26-21)28(6)24(33)31(19)14-25(3,4)5/h9-11,15-17H,7-8,12-14H2,1-6H3. The van der Waals surface area contributed by atoms with Gasteiger partial charge in [0.25, 0.3) is 5.91 Å². The van der Waals surface area contributed by atoms with Crippen LogP contribution in [0.4, 0.5) is 5.82 Å². The van der Waals surface area contributed by atoms with Crippen molar-refractivity contribution in [1.29, 1.82) is 0 Å². The predicted molar refractivity (Wildman–Crippen MR) is 130 cm³/mol. The first-order valence-corrected chi connectivity index (χ1v) is 12.1. The molecule has 2 atom stereocenters. The molecule has 0 saturated carbocycles. The number of hydrogen-bond acceptors (Lipinski definition) is 6. The van der Waals surface area contributed by atoms with E-state index in [9.17, 15) is 9.59 Å². The molecule has 9 nitrogen and oxygen atoms in total. The molecule has 0 N–H and O–H groups in total. The predicted octanol–water partition coefficient (Wildman–Crippen LogP) is 3.39. The van der Waals surface area contributed by atoms with Gasteiger partial charge in [0.15, 0.2) is 11.3 Å². The van der Waals surface area contributed by atoms with Gasteiger partial charge in [0.2, 0.25) is 0 Å².